The second-order valence-corrected chi connectivity index (χ2v) is 4.10. The average molecular weight is 202 g/mol. The van der Waals surface area contributed by atoms with Gasteiger partial charge < -0.3 is 5.32 Å². The first-order valence-corrected chi connectivity index (χ1v) is 5.21. The zero-order chi connectivity index (χ0) is 10.8. The molecule has 15 heavy (non-hydrogen) atoms. The molecule has 0 aliphatic heterocycles. The lowest BCUT2D eigenvalue weighted by atomic mass is 10.2. The second-order valence-electron chi connectivity index (χ2n) is 4.10. The van der Waals surface area contributed by atoms with E-state index in [1.165, 1.54) is 12.8 Å². The van der Waals surface area contributed by atoms with E-state index in [0.29, 0.717) is 17.7 Å². The van der Waals surface area contributed by atoms with Crippen LogP contribution in [0.2, 0.25) is 0 Å². The highest BCUT2D eigenvalue weighted by Gasteiger charge is 2.28. The highest BCUT2D eigenvalue weighted by atomic mass is 15.1. The number of aromatic nitrogens is 2. The molecule has 1 fully saturated rings. The van der Waals surface area contributed by atoms with Gasteiger partial charge in [-0.25, -0.2) is 9.97 Å². The van der Waals surface area contributed by atoms with E-state index in [9.17, 15) is 0 Å². The maximum Gasteiger partial charge on any atom is 0.224 e. The third-order valence-corrected chi connectivity index (χ3v) is 2.65. The Hall–Kier alpha value is -1.63. The van der Waals surface area contributed by atoms with Crippen molar-refractivity contribution in [3.8, 4) is 6.07 Å². The van der Waals surface area contributed by atoms with Crippen molar-refractivity contribution in [2.75, 3.05) is 5.32 Å². The van der Waals surface area contributed by atoms with Crippen molar-refractivity contribution in [2.24, 2.45) is 5.92 Å². The van der Waals surface area contributed by atoms with Crippen molar-refractivity contribution < 1.29 is 0 Å². The van der Waals surface area contributed by atoms with Crippen molar-refractivity contribution in [3.63, 3.8) is 0 Å². The lowest BCUT2D eigenvalue weighted by molar-refractivity contribution is 0.685. The van der Waals surface area contributed by atoms with Gasteiger partial charge in [-0.3, -0.25) is 0 Å². The molecule has 1 aromatic rings. The average Bonchev–Trinajstić information content (AvgIpc) is 2.99. The summed E-state index contributed by atoms with van der Waals surface area (Å²) in [5, 5.41) is 12.0. The van der Waals surface area contributed by atoms with E-state index in [1.54, 1.807) is 6.07 Å². The van der Waals surface area contributed by atoms with Crippen LogP contribution in [0.1, 0.15) is 31.2 Å². The number of rotatable bonds is 3. The van der Waals surface area contributed by atoms with Crippen LogP contribution in [0, 0.1) is 24.2 Å². The zero-order valence-corrected chi connectivity index (χ0v) is 8.99. The van der Waals surface area contributed by atoms with Crippen molar-refractivity contribution >= 4 is 5.95 Å². The molecule has 1 aliphatic rings. The van der Waals surface area contributed by atoms with Crippen molar-refractivity contribution in [1.29, 1.82) is 5.26 Å². The molecule has 2 rings (SSSR count). The molecule has 1 atom stereocenters. The number of nitriles is 1. The van der Waals surface area contributed by atoms with E-state index in [1.807, 2.05) is 13.0 Å². The van der Waals surface area contributed by atoms with Crippen LogP contribution < -0.4 is 5.32 Å². The molecule has 0 aromatic carbocycles. The topological polar surface area (TPSA) is 61.6 Å². The Morgan fingerprint density at radius 2 is 2.27 bits per heavy atom. The van der Waals surface area contributed by atoms with Gasteiger partial charge in [0.15, 0.2) is 0 Å². The maximum atomic E-state index is 8.77. The van der Waals surface area contributed by atoms with Gasteiger partial charge in [0, 0.05) is 11.7 Å². The van der Waals surface area contributed by atoms with Crippen molar-refractivity contribution in [1.82, 2.24) is 9.97 Å². The van der Waals surface area contributed by atoms with Gasteiger partial charge in [-0.15, -0.1) is 0 Å². The van der Waals surface area contributed by atoms with Gasteiger partial charge in [-0.05, 0) is 38.7 Å². The fourth-order valence-electron chi connectivity index (χ4n) is 1.61. The fourth-order valence-corrected chi connectivity index (χ4v) is 1.61. The molecule has 0 saturated heterocycles. The minimum atomic E-state index is 0.401. The molecule has 0 bridgehead atoms. The van der Waals surface area contributed by atoms with Gasteiger partial charge >= 0.3 is 0 Å². The van der Waals surface area contributed by atoms with Crippen LogP contribution in [-0.2, 0) is 0 Å². The fraction of sp³-hybridized carbons (Fsp3) is 0.545. The van der Waals surface area contributed by atoms with Gasteiger partial charge in [0.05, 0.1) is 0 Å². The monoisotopic (exact) mass is 202 g/mol. The number of anilines is 1. The Labute approximate surface area is 89.4 Å². The summed E-state index contributed by atoms with van der Waals surface area (Å²) in [6.07, 6.45) is 2.57. The number of nitrogens with one attached hydrogen (secondary N) is 1. The third kappa shape index (κ3) is 2.44. The standard InChI is InChI=1S/C11H14N4/c1-7-5-10(6-12)15-11(13-7)14-8(2)9-3-4-9/h5,8-9H,3-4H2,1-2H3,(H,13,14,15). The summed E-state index contributed by atoms with van der Waals surface area (Å²) in [5.41, 5.74) is 1.25. The molecule has 1 unspecified atom stereocenters. The second kappa shape index (κ2) is 3.85. The number of aryl methyl sites for hydroxylation is 1. The van der Waals surface area contributed by atoms with Crippen LogP contribution in [0.3, 0.4) is 0 Å². The normalized spacial score (nSPS) is 16.9. The third-order valence-electron chi connectivity index (χ3n) is 2.65. The Balaban J connectivity index is 2.13. The molecule has 4 nitrogen and oxygen atoms in total. The summed E-state index contributed by atoms with van der Waals surface area (Å²) in [7, 11) is 0. The lowest BCUT2D eigenvalue weighted by Gasteiger charge is -2.12. The predicted octanol–water partition coefficient (Wildman–Crippen LogP) is 1.87. The Morgan fingerprint density at radius 1 is 1.53 bits per heavy atom. The van der Waals surface area contributed by atoms with Gasteiger partial charge in [0.1, 0.15) is 11.8 Å². The molecule has 4 heteroatoms. The summed E-state index contributed by atoms with van der Waals surface area (Å²) in [6.45, 7) is 4.00. The van der Waals surface area contributed by atoms with Crippen LogP contribution in [0.5, 0.6) is 0 Å². The largest absolute Gasteiger partial charge is 0.351 e. The van der Waals surface area contributed by atoms with Crippen molar-refractivity contribution in [2.45, 2.75) is 32.7 Å². The minimum Gasteiger partial charge on any atom is -0.351 e. The van der Waals surface area contributed by atoms with Crippen LogP contribution in [-0.4, -0.2) is 16.0 Å². The van der Waals surface area contributed by atoms with Crippen molar-refractivity contribution in [3.05, 3.63) is 17.5 Å². The molecular weight excluding hydrogens is 188 g/mol. The van der Waals surface area contributed by atoms with E-state index in [-0.39, 0.29) is 0 Å². The number of nitrogens with zero attached hydrogens (tertiary/aromatic N) is 3. The molecule has 1 heterocycles. The summed E-state index contributed by atoms with van der Waals surface area (Å²) in [5.74, 6) is 1.32. The van der Waals surface area contributed by atoms with Crippen LogP contribution in [0.15, 0.2) is 6.07 Å². The molecule has 0 spiro atoms. The first kappa shape index (κ1) is 9.91. The Kier molecular flexibility index (Phi) is 2.55. The molecule has 1 aliphatic carbocycles. The highest BCUT2D eigenvalue weighted by Crippen LogP contribution is 2.33. The van der Waals surface area contributed by atoms with E-state index < -0.39 is 0 Å². The molecule has 1 aromatic heterocycles. The van der Waals surface area contributed by atoms with E-state index >= 15 is 0 Å². The highest BCUT2D eigenvalue weighted by molar-refractivity contribution is 5.34. The van der Waals surface area contributed by atoms with Gasteiger partial charge in [-0.1, -0.05) is 0 Å². The molecule has 1 saturated carbocycles. The number of hydrogen-bond donors (Lipinski definition) is 1. The van der Waals surface area contributed by atoms with E-state index in [4.69, 9.17) is 5.26 Å². The molecule has 0 amide bonds. The minimum absolute atomic E-state index is 0.401. The Morgan fingerprint density at radius 3 is 2.87 bits per heavy atom. The predicted molar refractivity (Wildman–Crippen MR) is 57.3 cm³/mol. The summed E-state index contributed by atoms with van der Waals surface area (Å²) in [4.78, 5) is 8.38. The summed E-state index contributed by atoms with van der Waals surface area (Å²) in [6, 6.07) is 4.12. The first-order chi connectivity index (χ1) is 7.19. The Bertz CT molecular complexity index is 404. The van der Waals surface area contributed by atoms with E-state index in [2.05, 4.69) is 22.2 Å². The first-order valence-electron chi connectivity index (χ1n) is 5.21. The van der Waals surface area contributed by atoms with Crippen LogP contribution in [0.25, 0.3) is 0 Å². The molecule has 0 radical (unpaired) electrons. The van der Waals surface area contributed by atoms with Gasteiger partial charge in [0.25, 0.3) is 0 Å². The lowest BCUT2D eigenvalue weighted by Crippen LogP contribution is -2.19. The zero-order valence-electron chi connectivity index (χ0n) is 8.99. The summed E-state index contributed by atoms with van der Waals surface area (Å²) >= 11 is 0. The molecule has 1 N–H and O–H groups in total. The summed E-state index contributed by atoms with van der Waals surface area (Å²) < 4.78 is 0. The molecule has 78 valence electrons. The SMILES string of the molecule is Cc1cc(C#N)nc(NC(C)C2CC2)n1. The van der Waals surface area contributed by atoms with E-state index in [0.717, 1.165) is 11.6 Å². The quantitative estimate of drug-likeness (QED) is 0.812. The molecular formula is C11H14N4. The van der Waals surface area contributed by atoms with Crippen LogP contribution >= 0.6 is 0 Å². The van der Waals surface area contributed by atoms with Crippen LogP contribution in [0.4, 0.5) is 5.95 Å². The van der Waals surface area contributed by atoms with Gasteiger partial charge in [0.2, 0.25) is 5.95 Å². The maximum absolute atomic E-state index is 8.77. The smallest absolute Gasteiger partial charge is 0.224 e. The van der Waals surface area contributed by atoms with Gasteiger partial charge in [-0.2, -0.15) is 5.26 Å². The number of hydrogen-bond acceptors (Lipinski definition) is 4.